The minimum atomic E-state index is -4.25. The molecule has 2 atom stereocenters. The third kappa shape index (κ3) is 4.47. The maximum absolute atomic E-state index is 12.6. The Morgan fingerprint density at radius 3 is 2.59 bits per heavy atom. The Hall–Kier alpha value is -1.96. The van der Waals surface area contributed by atoms with Gasteiger partial charge in [0, 0.05) is 36.0 Å². The molecule has 1 aliphatic heterocycles. The smallest absolute Gasteiger partial charge is 0.389 e. The van der Waals surface area contributed by atoms with Gasteiger partial charge in [-0.05, 0) is 55.4 Å². The lowest BCUT2D eigenvalue weighted by Crippen LogP contribution is -2.53. The summed E-state index contributed by atoms with van der Waals surface area (Å²) in [5.74, 6) is -0.345. The summed E-state index contributed by atoms with van der Waals surface area (Å²) in [4.78, 5) is 26.2. The summed E-state index contributed by atoms with van der Waals surface area (Å²) in [5, 5.41) is 3.59. The number of nitrogens with one attached hydrogen (secondary N) is 1. The molecular formula is C20H22ClF3N2O3. The molecule has 3 saturated carbocycles. The van der Waals surface area contributed by atoms with Crippen LogP contribution in [-0.2, 0) is 9.59 Å². The summed E-state index contributed by atoms with van der Waals surface area (Å²) in [5.41, 5.74) is -0.377. The summed E-state index contributed by atoms with van der Waals surface area (Å²) >= 11 is 5.81. The molecule has 1 saturated heterocycles. The van der Waals surface area contributed by atoms with Crippen LogP contribution >= 0.6 is 11.6 Å². The lowest BCUT2D eigenvalue weighted by atomic mass is 9.76. The molecule has 5 rings (SSSR count). The number of hydrogen-bond donors (Lipinski definition) is 1. The largest absolute Gasteiger partial charge is 0.484 e. The van der Waals surface area contributed by atoms with Crippen LogP contribution in [0, 0.1) is 11.8 Å². The van der Waals surface area contributed by atoms with Crippen LogP contribution < -0.4 is 10.1 Å². The molecule has 0 spiro atoms. The number of alkyl halides is 3. The standard InChI is InChI=1S/C20H22ClF3N2O3/c21-14-1-3-15(4-2-14)29-11-17(27)25-19-7-13(8-19)16(9-19)26-10-12(5-18(26)28)6-20(22,23)24/h1-4,12-13,16H,5-11H2,(H,25,27)/t12-,13?,16?,19?/m0/s1. The van der Waals surface area contributed by atoms with Crippen LogP contribution in [0.15, 0.2) is 24.3 Å². The van der Waals surface area contributed by atoms with Crippen LogP contribution in [0.5, 0.6) is 5.75 Å². The number of benzene rings is 1. The molecule has 158 valence electrons. The lowest BCUT2D eigenvalue weighted by Gasteiger charge is -2.39. The second-order valence-electron chi connectivity index (χ2n) is 8.45. The first kappa shape index (κ1) is 20.3. The van der Waals surface area contributed by atoms with Gasteiger partial charge in [-0.25, -0.2) is 0 Å². The Labute approximate surface area is 171 Å². The molecule has 4 aliphatic rings. The molecule has 5 nitrogen and oxygen atoms in total. The van der Waals surface area contributed by atoms with Crippen LogP contribution in [0.25, 0.3) is 0 Å². The van der Waals surface area contributed by atoms with Gasteiger partial charge in [0.25, 0.3) is 5.91 Å². The van der Waals surface area contributed by atoms with Crippen molar-refractivity contribution in [2.24, 2.45) is 11.8 Å². The van der Waals surface area contributed by atoms with Gasteiger partial charge in [0.15, 0.2) is 6.61 Å². The minimum absolute atomic E-state index is 0.0446. The van der Waals surface area contributed by atoms with Crippen LogP contribution in [0.1, 0.15) is 32.1 Å². The van der Waals surface area contributed by atoms with Gasteiger partial charge >= 0.3 is 6.18 Å². The van der Waals surface area contributed by atoms with E-state index < -0.39 is 18.5 Å². The molecule has 1 unspecified atom stereocenters. The number of fused-ring (bicyclic) bond motifs is 1. The Bertz CT molecular complexity index is 793. The molecule has 1 N–H and O–H groups in total. The molecule has 0 radical (unpaired) electrons. The van der Waals surface area contributed by atoms with Gasteiger partial charge < -0.3 is 15.0 Å². The maximum atomic E-state index is 12.6. The van der Waals surface area contributed by atoms with Gasteiger partial charge in [-0.1, -0.05) is 11.6 Å². The zero-order chi connectivity index (χ0) is 20.8. The number of amides is 2. The van der Waals surface area contributed by atoms with Crippen molar-refractivity contribution in [1.82, 2.24) is 10.2 Å². The first-order valence-electron chi connectivity index (χ1n) is 9.68. The molecule has 29 heavy (non-hydrogen) atoms. The Balaban J connectivity index is 1.28. The van der Waals surface area contributed by atoms with Crippen molar-refractivity contribution in [3.63, 3.8) is 0 Å². The van der Waals surface area contributed by atoms with Crippen molar-refractivity contribution in [2.75, 3.05) is 13.2 Å². The van der Waals surface area contributed by atoms with Crippen molar-refractivity contribution in [3.05, 3.63) is 29.3 Å². The third-order valence-corrected chi connectivity index (χ3v) is 6.45. The van der Waals surface area contributed by atoms with E-state index in [1.807, 2.05) is 0 Å². The van der Waals surface area contributed by atoms with E-state index in [1.54, 1.807) is 29.2 Å². The fourth-order valence-corrected chi connectivity index (χ4v) is 5.20. The van der Waals surface area contributed by atoms with Gasteiger partial charge in [-0.2, -0.15) is 13.2 Å². The fourth-order valence-electron chi connectivity index (χ4n) is 5.07. The van der Waals surface area contributed by atoms with Crippen molar-refractivity contribution < 1.29 is 27.5 Å². The molecule has 0 aromatic heterocycles. The van der Waals surface area contributed by atoms with E-state index >= 15 is 0 Å². The van der Waals surface area contributed by atoms with E-state index in [4.69, 9.17) is 16.3 Å². The number of likely N-dealkylation sites (tertiary alicyclic amines) is 1. The highest BCUT2D eigenvalue weighted by molar-refractivity contribution is 6.30. The quantitative estimate of drug-likeness (QED) is 0.750. The number of ether oxygens (including phenoxy) is 1. The summed E-state index contributed by atoms with van der Waals surface area (Å²) in [6.07, 6.45) is -3.13. The number of halogens is 4. The van der Waals surface area contributed by atoms with Crippen LogP contribution in [0.4, 0.5) is 13.2 Å². The van der Waals surface area contributed by atoms with Gasteiger partial charge in [-0.3, -0.25) is 9.59 Å². The number of nitrogens with zero attached hydrogens (tertiary/aromatic N) is 1. The van der Waals surface area contributed by atoms with Crippen molar-refractivity contribution in [1.29, 1.82) is 0 Å². The Morgan fingerprint density at radius 2 is 1.93 bits per heavy atom. The number of hydrogen-bond acceptors (Lipinski definition) is 3. The molecule has 2 bridgehead atoms. The van der Waals surface area contributed by atoms with Gasteiger partial charge in [0.1, 0.15) is 5.75 Å². The van der Waals surface area contributed by atoms with E-state index in [9.17, 15) is 22.8 Å². The zero-order valence-corrected chi connectivity index (χ0v) is 16.4. The van der Waals surface area contributed by atoms with Crippen molar-refractivity contribution in [2.45, 2.75) is 49.9 Å². The average Bonchev–Trinajstić information content (AvgIpc) is 3.23. The average molecular weight is 431 g/mol. The normalized spacial score (nSPS) is 31.0. The van der Waals surface area contributed by atoms with E-state index in [-0.39, 0.29) is 48.9 Å². The Kier molecular flexibility index (Phi) is 5.17. The highest BCUT2D eigenvalue weighted by Gasteiger charge is 2.59. The zero-order valence-electron chi connectivity index (χ0n) is 15.7. The van der Waals surface area contributed by atoms with Gasteiger partial charge in [0.2, 0.25) is 5.91 Å². The summed E-state index contributed by atoms with van der Waals surface area (Å²) in [6.45, 7) is 0.0260. The summed E-state index contributed by atoms with van der Waals surface area (Å²) in [7, 11) is 0. The molecule has 1 heterocycles. The summed E-state index contributed by atoms with van der Waals surface area (Å²) < 4.78 is 43.4. The first-order valence-corrected chi connectivity index (χ1v) is 10.1. The number of carbonyl (C=O) groups excluding carboxylic acids is 2. The summed E-state index contributed by atoms with van der Waals surface area (Å²) in [6, 6.07) is 6.61. The van der Waals surface area contributed by atoms with Crippen LogP contribution in [-0.4, -0.2) is 47.6 Å². The molecule has 9 heteroatoms. The molecule has 3 aliphatic carbocycles. The highest BCUT2D eigenvalue weighted by Crippen LogP contribution is 2.54. The van der Waals surface area contributed by atoms with E-state index in [1.165, 1.54) is 0 Å². The second-order valence-corrected chi connectivity index (χ2v) is 8.88. The molecule has 2 amide bonds. The number of carbonyl (C=O) groups is 2. The van der Waals surface area contributed by atoms with Crippen LogP contribution in [0.3, 0.4) is 0 Å². The van der Waals surface area contributed by atoms with Gasteiger partial charge in [-0.15, -0.1) is 0 Å². The Morgan fingerprint density at radius 1 is 1.24 bits per heavy atom. The van der Waals surface area contributed by atoms with Crippen molar-refractivity contribution in [3.8, 4) is 5.75 Å². The first-order chi connectivity index (χ1) is 13.6. The van der Waals surface area contributed by atoms with Gasteiger partial charge in [0.05, 0.1) is 0 Å². The molecular weight excluding hydrogens is 409 g/mol. The second kappa shape index (κ2) is 7.38. The molecule has 1 aromatic rings. The van der Waals surface area contributed by atoms with E-state index in [0.29, 0.717) is 17.2 Å². The topological polar surface area (TPSA) is 58.6 Å². The molecule has 4 fully saturated rings. The predicted octanol–water partition coefficient (Wildman–Crippen LogP) is 3.56. The maximum Gasteiger partial charge on any atom is 0.389 e. The molecule has 1 aromatic carbocycles. The van der Waals surface area contributed by atoms with Crippen LogP contribution in [0.2, 0.25) is 5.02 Å². The minimum Gasteiger partial charge on any atom is -0.484 e. The third-order valence-electron chi connectivity index (χ3n) is 6.20. The highest BCUT2D eigenvalue weighted by atomic mass is 35.5. The number of rotatable bonds is 6. The van der Waals surface area contributed by atoms with Crippen molar-refractivity contribution >= 4 is 23.4 Å². The predicted molar refractivity (Wildman–Crippen MR) is 99.4 cm³/mol. The SMILES string of the molecule is O=C(COc1ccc(Cl)cc1)NC12CC(C1)C(N1C[C@H](CC(F)(F)F)CC1=O)C2. The lowest BCUT2D eigenvalue weighted by molar-refractivity contribution is -0.143. The fraction of sp³-hybridized carbons (Fsp3) is 0.600. The van der Waals surface area contributed by atoms with E-state index in [2.05, 4.69) is 5.32 Å². The monoisotopic (exact) mass is 430 g/mol. The van der Waals surface area contributed by atoms with E-state index in [0.717, 1.165) is 12.8 Å².